The Morgan fingerprint density at radius 3 is 2.18 bits per heavy atom. The van der Waals surface area contributed by atoms with E-state index < -0.39 is 11.6 Å². The van der Waals surface area contributed by atoms with Crippen molar-refractivity contribution in [2.24, 2.45) is 7.05 Å². The molecule has 3 aromatic heterocycles. The van der Waals surface area contributed by atoms with E-state index in [1.165, 1.54) is 13.8 Å². The number of benzene rings is 4. The van der Waals surface area contributed by atoms with Gasteiger partial charge in [0.1, 0.15) is 13.1 Å². The lowest BCUT2D eigenvalue weighted by Crippen LogP contribution is -2.36. The number of para-hydroxylation sites is 1. The van der Waals surface area contributed by atoms with Crippen molar-refractivity contribution in [1.82, 2.24) is 4.40 Å². The Balaban J connectivity index is 1.95. The highest BCUT2D eigenvalue weighted by Crippen LogP contribution is 2.50. The first kappa shape index (κ1) is 22.8. The first-order chi connectivity index (χ1) is 18.1. The Kier molecular flexibility index (Phi) is 4.28. The van der Waals surface area contributed by atoms with E-state index >= 15 is 0 Å². The minimum absolute atomic E-state index is 0.238. The number of aromatic nitrogens is 2. The molecule has 0 saturated heterocycles. The smallest absolute Gasteiger partial charge is 0.306 e. The zero-order valence-electron chi connectivity index (χ0n) is 21.3. The second kappa shape index (κ2) is 7.14. The third-order valence-electron chi connectivity index (χ3n) is 8.44. The summed E-state index contributed by atoms with van der Waals surface area (Å²) in [6, 6.07) is 21.5. The maximum Gasteiger partial charge on any atom is 0.397 e. The van der Waals surface area contributed by atoms with Crippen LogP contribution in [0, 0.1) is 18.3 Å². The minimum atomic E-state index is -4.45. The lowest BCUT2D eigenvalue weighted by atomic mass is 9.80. The number of nitrogens with zero attached hydrogens (tertiary/aromatic N) is 3. The molecule has 4 aromatic carbocycles. The SMILES string of the molecule is Cc1c2ccccc2c(C#N)c2c1c1c3c(cc[n+]1C)cc(C(C)(C)C(F)(F)F)c1c4ccccc4n2c13. The quantitative estimate of drug-likeness (QED) is 0.126. The Morgan fingerprint density at radius 1 is 0.842 bits per heavy atom. The molecule has 0 atom stereocenters. The van der Waals surface area contributed by atoms with Gasteiger partial charge in [-0.05, 0) is 54.8 Å². The molecule has 38 heavy (non-hydrogen) atoms. The van der Waals surface area contributed by atoms with E-state index in [9.17, 15) is 18.4 Å². The van der Waals surface area contributed by atoms with Crippen LogP contribution in [0.3, 0.4) is 0 Å². The number of alkyl halides is 3. The van der Waals surface area contributed by atoms with E-state index in [4.69, 9.17) is 0 Å². The molecule has 3 nitrogen and oxygen atoms in total. The monoisotopic (exact) mass is 506 g/mol. The van der Waals surface area contributed by atoms with Crippen molar-refractivity contribution in [2.45, 2.75) is 32.4 Å². The normalized spacial score (nSPS) is 13.1. The van der Waals surface area contributed by atoms with Crippen LogP contribution in [0.2, 0.25) is 0 Å². The van der Waals surface area contributed by atoms with Gasteiger partial charge in [0, 0.05) is 22.2 Å². The van der Waals surface area contributed by atoms with Crippen LogP contribution >= 0.6 is 0 Å². The van der Waals surface area contributed by atoms with E-state index in [1.54, 1.807) is 6.07 Å². The summed E-state index contributed by atoms with van der Waals surface area (Å²) in [5.74, 6) is 0. The number of hydrogen-bond acceptors (Lipinski definition) is 1. The van der Waals surface area contributed by atoms with Gasteiger partial charge in [0.2, 0.25) is 5.52 Å². The third-order valence-corrected chi connectivity index (χ3v) is 8.44. The molecule has 0 N–H and O–H groups in total. The number of rotatable bonds is 1. The molecule has 0 amide bonds. The van der Waals surface area contributed by atoms with Crippen LogP contribution in [-0.2, 0) is 12.5 Å². The van der Waals surface area contributed by atoms with Crippen LogP contribution in [0.15, 0.2) is 66.9 Å². The highest BCUT2D eigenvalue weighted by molar-refractivity contribution is 6.30. The molecule has 0 aliphatic heterocycles. The van der Waals surface area contributed by atoms with Crippen LogP contribution in [0.25, 0.3) is 59.8 Å². The highest BCUT2D eigenvalue weighted by Gasteiger charge is 2.50. The minimum Gasteiger partial charge on any atom is -0.306 e. The Morgan fingerprint density at radius 2 is 1.50 bits per heavy atom. The van der Waals surface area contributed by atoms with Crippen LogP contribution in [0.1, 0.15) is 30.5 Å². The van der Waals surface area contributed by atoms with E-state index in [1.807, 2.05) is 76.8 Å². The standard InChI is InChI=1S/C32H23F3N3/c1-17-19-9-5-6-10-20(19)22(16-36)28-25(17)29-26-18(13-14-37(29)4)15-23(31(2,3)32(33,34)35)27-21-11-7-8-12-24(21)38(28)30(26)27/h5-15H,1-4H3/q+1. The first-order valence-electron chi connectivity index (χ1n) is 12.5. The van der Waals surface area contributed by atoms with Crippen molar-refractivity contribution >= 4 is 59.8 Å². The average molecular weight is 507 g/mol. The fourth-order valence-corrected chi connectivity index (χ4v) is 6.41. The summed E-state index contributed by atoms with van der Waals surface area (Å²) in [6.07, 6.45) is -2.55. The van der Waals surface area contributed by atoms with Crippen LogP contribution in [0.4, 0.5) is 13.2 Å². The largest absolute Gasteiger partial charge is 0.397 e. The number of aryl methyl sites for hydroxylation is 2. The lowest BCUT2D eigenvalue weighted by Gasteiger charge is -2.29. The van der Waals surface area contributed by atoms with Gasteiger partial charge in [-0.15, -0.1) is 0 Å². The summed E-state index contributed by atoms with van der Waals surface area (Å²) in [6.45, 7) is 4.57. The van der Waals surface area contributed by atoms with Gasteiger partial charge in [0.15, 0.2) is 6.20 Å². The molecule has 0 unspecified atom stereocenters. The van der Waals surface area contributed by atoms with Crippen molar-refractivity contribution in [2.75, 3.05) is 0 Å². The van der Waals surface area contributed by atoms with Crippen molar-refractivity contribution < 1.29 is 17.7 Å². The zero-order chi connectivity index (χ0) is 26.7. The second-order valence-corrected chi connectivity index (χ2v) is 10.7. The first-order valence-corrected chi connectivity index (χ1v) is 12.5. The van der Waals surface area contributed by atoms with Crippen LogP contribution in [0.5, 0.6) is 0 Å². The molecule has 6 heteroatoms. The van der Waals surface area contributed by atoms with E-state index in [2.05, 4.69) is 13.0 Å². The summed E-state index contributed by atoms with van der Waals surface area (Å²) >= 11 is 0. The molecule has 0 saturated carbocycles. The van der Waals surface area contributed by atoms with E-state index in [-0.39, 0.29) is 5.56 Å². The zero-order valence-corrected chi connectivity index (χ0v) is 21.3. The molecule has 7 rings (SSSR count). The highest BCUT2D eigenvalue weighted by atomic mass is 19.4. The Labute approximate surface area is 216 Å². The fraction of sp³-hybridized carbons (Fsp3) is 0.188. The molecule has 0 aliphatic carbocycles. The van der Waals surface area contributed by atoms with Gasteiger partial charge in [-0.3, -0.25) is 0 Å². The Hall–Kier alpha value is -4.37. The fourth-order valence-electron chi connectivity index (χ4n) is 6.41. The predicted octanol–water partition coefficient (Wildman–Crippen LogP) is 7.99. The molecular formula is C32H23F3N3+. The molecule has 3 heterocycles. The summed E-state index contributed by atoms with van der Waals surface area (Å²) in [7, 11) is 1.96. The van der Waals surface area contributed by atoms with E-state index in [0.29, 0.717) is 10.9 Å². The molecular weight excluding hydrogens is 483 g/mol. The molecule has 7 aromatic rings. The molecule has 186 valence electrons. The summed E-state index contributed by atoms with van der Waals surface area (Å²) < 4.78 is 47.7. The van der Waals surface area contributed by atoms with Crippen molar-refractivity contribution in [1.29, 1.82) is 5.26 Å². The molecule has 0 bridgehead atoms. The van der Waals surface area contributed by atoms with Gasteiger partial charge >= 0.3 is 6.18 Å². The topological polar surface area (TPSA) is 32.1 Å². The van der Waals surface area contributed by atoms with Gasteiger partial charge in [-0.2, -0.15) is 18.4 Å². The molecule has 0 radical (unpaired) electrons. The summed E-state index contributed by atoms with van der Waals surface area (Å²) in [4.78, 5) is 0. The summed E-state index contributed by atoms with van der Waals surface area (Å²) in [5, 5.41) is 16.3. The van der Waals surface area contributed by atoms with Crippen molar-refractivity contribution in [3.63, 3.8) is 0 Å². The number of pyridine rings is 2. The van der Waals surface area contributed by atoms with E-state index in [0.717, 1.165) is 59.9 Å². The van der Waals surface area contributed by atoms with Gasteiger partial charge in [0.05, 0.1) is 38.3 Å². The maximum atomic E-state index is 14.5. The van der Waals surface area contributed by atoms with Crippen molar-refractivity contribution in [3.8, 4) is 6.07 Å². The Bertz CT molecular complexity index is 2180. The van der Waals surface area contributed by atoms with Gasteiger partial charge < -0.3 is 4.40 Å². The number of fused-ring (bicyclic) bond motifs is 7. The molecule has 0 fully saturated rings. The maximum absolute atomic E-state index is 14.5. The van der Waals surface area contributed by atoms with Crippen LogP contribution < -0.4 is 4.57 Å². The van der Waals surface area contributed by atoms with Crippen molar-refractivity contribution in [3.05, 3.63) is 83.6 Å². The number of nitriles is 1. The molecule has 0 aliphatic rings. The van der Waals surface area contributed by atoms with Gasteiger partial charge in [-0.1, -0.05) is 42.5 Å². The average Bonchev–Trinajstić information content (AvgIpc) is 3.24. The molecule has 0 spiro atoms. The predicted molar refractivity (Wildman–Crippen MR) is 146 cm³/mol. The van der Waals surface area contributed by atoms with Gasteiger partial charge in [-0.25, -0.2) is 4.57 Å². The lowest BCUT2D eigenvalue weighted by molar-refractivity contribution is -0.643. The summed E-state index contributed by atoms with van der Waals surface area (Å²) in [5.41, 5.74) is 2.86. The number of halogens is 3. The second-order valence-electron chi connectivity index (χ2n) is 10.7. The third kappa shape index (κ3) is 2.56. The van der Waals surface area contributed by atoms with Gasteiger partial charge in [0.25, 0.3) is 0 Å². The number of hydrogen-bond donors (Lipinski definition) is 0. The van der Waals surface area contributed by atoms with Crippen LogP contribution in [-0.4, -0.2) is 10.6 Å².